The second kappa shape index (κ2) is 8.21. The Labute approximate surface area is 174 Å². The van der Waals surface area contributed by atoms with Gasteiger partial charge in [-0.05, 0) is 54.9 Å². The van der Waals surface area contributed by atoms with E-state index in [1.807, 2.05) is 31.2 Å². The third-order valence-electron chi connectivity index (χ3n) is 5.54. The molecule has 0 radical (unpaired) electrons. The van der Waals surface area contributed by atoms with Crippen molar-refractivity contribution >= 4 is 28.2 Å². The lowest BCUT2D eigenvalue weighted by molar-refractivity contribution is 0.0601. The number of hydrogen-bond donors (Lipinski definition) is 1. The van der Waals surface area contributed by atoms with Crippen molar-refractivity contribution in [3.63, 3.8) is 0 Å². The Bertz CT molecular complexity index is 1060. The van der Waals surface area contributed by atoms with E-state index in [1.165, 1.54) is 24.0 Å². The van der Waals surface area contributed by atoms with Crippen LogP contribution < -0.4 is 5.32 Å². The second-order valence-electron chi connectivity index (χ2n) is 7.32. The van der Waals surface area contributed by atoms with Crippen LogP contribution in [0.1, 0.15) is 54.6 Å². The summed E-state index contributed by atoms with van der Waals surface area (Å²) in [6, 6.07) is 17.9. The molecular formula is C24H23NO3S. The molecule has 0 saturated carbocycles. The van der Waals surface area contributed by atoms with Gasteiger partial charge >= 0.3 is 5.97 Å². The predicted molar refractivity (Wildman–Crippen MR) is 116 cm³/mol. The summed E-state index contributed by atoms with van der Waals surface area (Å²) in [5.74, 6) is -0.167. The van der Waals surface area contributed by atoms with Crippen molar-refractivity contribution in [1.29, 1.82) is 0 Å². The number of methoxy groups -OCH3 is 1. The van der Waals surface area contributed by atoms with Crippen LogP contribution in [0.4, 0.5) is 5.00 Å². The van der Waals surface area contributed by atoms with Gasteiger partial charge in [0.2, 0.25) is 0 Å². The SMILES string of the molecule is COC(=O)c1c(NC(=O)c2ccccc2C)sc2c1CC[C@@H](c1ccccc1)C2. The zero-order valence-electron chi connectivity index (χ0n) is 16.5. The smallest absolute Gasteiger partial charge is 0.341 e. The normalized spacial score (nSPS) is 15.4. The highest BCUT2D eigenvalue weighted by atomic mass is 32.1. The minimum absolute atomic E-state index is 0.202. The molecule has 148 valence electrons. The molecule has 0 spiro atoms. The summed E-state index contributed by atoms with van der Waals surface area (Å²) in [5, 5.41) is 3.56. The summed E-state index contributed by atoms with van der Waals surface area (Å²) in [6.07, 6.45) is 2.65. The molecule has 1 atom stereocenters. The number of thiophene rings is 1. The molecule has 1 amide bonds. The number of ether oxygens (including phenoxy) is 1. The molecule has 5 heteroatoms. The first kappa shape index (κ1) is 19.4. The van der Waals surface area contributed by atoms with Crippen molar-refractivity contribution < 1.29 is 14.3 Å². The number of fused-ring (bicyclic) bond motifs is 1. The van der Waals surface area contributed by atoms with Gasteiger partial charge in [-0.3, -0.25) is 4.79 Å². The number of anilines is 1. The van der Waals surface area contributed by atoms with Crippen LogP contribution in [0.25, 0.3) is 0 Å². The maximum atomic E-state index is 12.8. The first-order valence-corrected chi connectivity index (χ1v) is 10.5. The van der Waals surface area contributed by atoms with Gasteiger partial charge in [0.25, 0.3) is 5.91 Å². The fourth-order valence-corrected chi connectivity index (χ4v) is 5.31. The van der Waals surface area contributed by atoms with E-state index in [9.17, 15) is 9.59 Å². The van der Waals surface area contributed by atoms with E-state index in [-0.39, 0.29) is 11.9 Å². The highest BCUT2D eigenvalue weighted by molar-refractivity contribution is 7.17. The minimum Gasteiger partial charge on any atom is -0.465 e. The van der Waals surface area contributed by atoms with E-state index in [4.69, 9.17) is 4.74 Å². The van der Waals surface area contributed by atoms with Crippen molar-refractivity contribution in [2.24, 2.45) is 0 Å². The molecule has 0 fully saturated rings. The fraction of sp³-hybridized carbons (Fsp3) is 0.250. The van der Waals surface area contributed by atoms with Crippen LogP contribution in [0.3, 0.4) is 0 Å². The van der Waals surface area contributed by atoms with Crippen LogP contribution in [0.15, 0.2) is 54.6 Å². The average molecular weight is 406 g/mol. The van der Waals surface area contributed by atoms with Crippen LogP contribution in [0.5, 0.6) is 0 Å². The predicted octanol–water partition coefficient (Wildman–Crippen LogP) is 5.37. The van der Waals surface area contributed by atoms with Gasteiger partial charge in [-0.15, -0.1) is 11.3 Å². The Morgan fingerprint density at radius 3 is 2.52 bits per heavy atom. The maximum Gasteiger partial charge on any atom is 0.341 e. The number of rotatable bonds is 4. The zero-order chi connectivity index (χ0) is 20.4. The summed E-state index contributed by atoms with van der Waals surface area (Å²) in [5.41, 5.74) is 4.36. The van der Waals surface area contributed by atoms with Gasteiger partial charge in [-0.2, -0.15) is 0 Å². The summed E-state index contributed by atoms with van der Waals surface area (Å²) in [6.45, 7) is 1.90. The molecule has 4 nitrogen and oxygen atoms in total. The van der Waals surface area contributed by atoms with E-state index in [0.29, 0.717) is 22.0 Å². The third-order valence-corrected chi connectivity index (χ3v) is 6.71. The van der Waals surface area contributed by atoms with E-state index in [0.717, 1.165) is 35.3 Å². The largest absolute Gasteiger partial charge is 0.465 e. The number of hydrogen-bond acceptors (Lipinski definition) is 4. The van der Waals surface area contributed by atoms with Crippen LogP contribution in [-0.2, 0) is 17.6 Å². The van der Waals surface area contributed by atoms with Gasteiger partial charge in [-0.1, -0.05) is 48.5 Å². The fourth-order valence-electron chi connectivity index (χ4n) is 4.00. The molecule has 3 aromatic rings. The van der Waals surface area contributed by atoms with Crippen LogP contribution in [0, 0.1) is 6.92 Å². The average Bonchev–Trinajstić information content (AvgIpc) is 3.11. The van der Waals surface area contributed by atoms with Crippen LogP contribution >= 0.6 is 11.3 Å². The molecule has 1 aliphatic rings. The lowest BCUT2D eigenvalue weighted by Crippen LogP contribution is -2.16. The van der Waals surface area contributed by atoms with E-state index >= 15 is 0 Å². The molecule has 0 unspecified atom stereocenters. The standard InChI is InChI=1S/C24H23NO3S/c1-15-8-6-7-11-18(15)22(26)25-23-21(24(27)28-2)19-13-12-17(14-20(19)29-23)16-9-4-3-5-10-16/h3-11,17H,12-14H2,1-2H3,(H,25,26)/t17-/m1/s1. The first-order valence-electron chi connectivity index (χ1n) is 9.73. The van der Waals surface area contributed by atoms with Gasteiger partial charge in [-0.25, -0.2) is 4.79 Å². The lowest BCUT2D eigenvalue weighted by Gasteiger charge is -2.22. The second-order valence-corrected chi connectivity index (χ2v) is 8.42. The third kappa shape index (κ3) is 3.83. The topological polar surface area (TPSA) is 55.4 Å². The number of amides is 1. The Kier molecular flexibility index (Phi) is 5.49. The quantitative estimate of drug-likeness (QED) is 0.594. The molecule has 0 aliphatic heterocycles. The number of aryl methyl sites for hydroxylation is 1. The van der Waals surface area contributed by atoms with Gasteiger partial charge < -0.3 is 10.1 Å². The molecule has 0 saturated heterocycles. The van der Waals surface area contributed by atoms with Gasteiger partial charge in [0.15, 0.2) is 0 Å². The van der Waals surface area contributed by atoms with Crippen molar-refractivity contribution in [3.8, 4) is 0 Å². The molecular weight excluding hydrogens is 382 g/mol. The van der Waals surface area contributed by atoms with Gasteiger partial charge in [0.05, 0.1) is 12.7 Å². The number of nitrogens with one attached hydrogen (secondary N) is 1. The molecule has 1 N–H and O–H groups in total. The van der Waals surface area contributed by atoms with Crippen LogP contribution in [-0.4, -0.2) is 19.0 Å². The van der Waals surface area contributed by atoms with Crippen molar-refractivity contribution in [3.05, 3.63) is 87.3 Å². The monoisotopic (exact) mass is 405 g/mol. The lowest BCUT2D eigenvalue weighted by atomic mass is 9.83. The highest BCUT2D eigenvalue weighted by Crippen LogP contribution is 2.42. The van der Waals surface area contributed by atoms with E-state index in [2.05, 4.69) is 29.6 Å². The van der Waals surface area contributed by atoms with Gasteiger partial charge in [0, 0.05) is 10.4 Å². The van der Waals surface area contributed by atoms with Crippen molar-refractivity contribution in [2.75, 3.05) is 12.4 Å². The Balaban J connectivity index is 1.67. The maximum absolute atomic E-state index is 12.8. The van der Waals surface area contributed by atoms with E-state index in [1.54, 1.807) is 6.07 Å². The Morgan fingerprint density at radius 1 is 1.07 bits per heavy atom. The molecule has 1 aliphatic carbocycles. The molecule has 1 heterocycles. The number of benzene rings is 2. The van der Waals surface area contributed by atoms with Crippen LogP contribution in [0.2, 0.25) is 0 Å². The Hall–Kier alpha value is -2.92. The first-order chi connectivity index (χ1) is 14.1. The number of esters is 1. The highest BCUT2D eigenvalue weighted by Gasteiger charge is 2.30. The van der Waals surface area contributed by atoms with Gasteiger partial charge in [0.1, 0.15) is 5.00 Å². The number of carbonyl (C=O) groups excluding carboxylic acids is 2. The summed E-state index contributed by atoms with van der Waals surface area (Å²) < 4.78 is 5.04. The summed E-state index contributed by atoms with van der Waals surface area (Å²) >= 11 is 1.50. The Morgan fingerprint density at radius 2 is 1.79 bits per heavy atom. The molecule has 4 rings (SSSR count). The zero-order valence-corrected chi connectivity index (χ0v) is 17.3. The minimum atomic E-state index is -0.388. The molecule has 1 aromatic heterocycles. The van der Waals surface area contributed by atoms with E-state index < -0.39 is 0 Å². The molecule has 2 aromatic carbocycles. The van der Waals surface area contributed by atoms with Crippen molar-refractivity contribution in [2.45, 2.75) is 32.1 Å². The molecule has 29 heavy (non-hydrogen) atoms. The molecule has 0 bridgehead atoms. The van der Waals surface area contributed by atoms with Crippen molar-refractivity contribution in [1.82, 2.24) is 0 Å². The summed E-state index contributed by atoms with van der Waals surface area (Å²) in [7, 11) is 1.38. The number of carbonyl (C=O) groups is 2. The summed E-state index contributed by atoms with van der Waals surface area (Å²) in [4.78, 5) is 26.5.